The third kappa shape index (κ3) is 8.18. The highest BCUT2D eigenvalue weighted by Gasteiger charge is 2.25. The predicted molar refractivity (Wildman–Crippen MR) is 107 cm³/mol. The summed E-state index contributed by atoms with van der Waals surface area (Å²) in [6.07, 6.45) is 1.42. The normalized spacial score (nSPS) is 18.0. The van der Waals surface area contributed by atoms with E-state index < -0.39 is 11.7 Å². The van der Waals surface area contributed by atoms with Gasteiger partial charge in [-0.05, 0) is 57.9 Å². The maximum atomic E-state index is 12.4. The molecule has 1 atom stereocenters. The molecule has 0 bridgehead atoms. The number of likely N-dealkylation sites (tertiary alicyclic amines) is 1. The summed E-state index contributed by atoms with van der Waals surface area (Å²) in [4.78, 5) is 26.3. The lowest BCUT2D eigenvalue weighted by Crippen LogP contribution is -2.44. The van der Waals surface area contributed by atoms with Gasteiger partial charge in [-0.1, -0.05) is 23.7 Å². The molecular formula is C20H30ClN3O3. The van der Waals surface area contributed by atoms with Crippen LogP contribution in [0.25, 0.3) is 0 Å². The van der Waals surface area contributed by atoms with Gasteiger partial charge in [-0.15, -0.1) is 0 Å². The third-order valence-corrected chi connectivity index (χ3v) is 4.54. The van der Waals surface area contributed by atoms with Gasteiger partial charge in [0, 0.05) is 31.2 Å². The van der Waals surface area contributed by atoms with Crippen molar-refractivity contribution < 1.29 is 14.3 Å². The van der Waals surface area contributed by atoms with E-state index in [1.54, 1.807) is 0 Å². The zero-order chi connectivity index (χ0) is 19.9. The Labute approximate surface area is 166 Å². The highest BCUT2D eigenvalue weighted by molar-refractivity contribution is 6.30. The summed E-state index contributed by atoms with van der Waals surface area (Å²) in [6, 6.07) is 7.83. The Morgan fingerprint density at radius 2 is 1.85 bits per heavy atom. The number of alkyl carbamates (subject to hydrolysis) is 1. The first-order chi connectivity index (χ1) is 12.7. The molecular weight excluding hydrogens is 366 g/mol. The first-order valence-corrected chi connectivity index (χ1v) is 9.82. The van der Waals surface area contributed by atoms with Crippen LogP contribution >= 0.6 is 11.6 Å². The van der Waals surface area contributed by atoms with E-state index in [4.69, 9.17) is 16.3 Å². The number of nitrogens with zero attached hydrogens (tertiary/aromatic N) is 1. The maximum absolute atomic E-state index is 12.4. The van der Waals surface area contributed by atoms with Crippen molar-refractivity contribution in [3.05, 3.63) is 34.9 Å². The first kappa shape index (κ1) is 21.5. The molecule has 150 valence electrons. The van der Waals surface area contributed by atoms with Crippen LogP contribution in [0, 0.1) is 5.92 Å². The smallest absolute Gasteiger partial charge is 0.407 e. The van der Waals surface area contributed by atoms with Gasteiger partial charge in [-0.25, -0.2) is 4.79 Å². The number of amides is 2. The lowest BCUT2D eigenvalue weighted by atomic mass is 9.96. The van der Waals surface area contributed by atoms with Gasteiger partial charge in [0.05, 0.1) is 5.92 Å². The number of hydrogen-bond donors (Lipinski definition) is 2. The number of nitrogens with one attached hydrogen (secondary N) is 2. The van der Waals surface area contributed by atoms with Crippen molar-refractivity contribution in [2.45, 2.75) is 45.8 Å². The Hall–Kier alpha value is -1.79. The second-order valence-corrected chi connectivity index (χ2v) is 8.36. The van der Waals surface area contributed by atoms with E-state index in [9.17, 15) is 9.59 Å². The fourth-order valence-electron chi connectivity index (χ4n) is 3.07. The largest absolute Gasteiger partial charge is 0.444 e. The maximum Gasteiger partial charge on any atom is 0.407 e. The number of ether oxygens (including phenoxy) is 1. The molecule has 0 radical (unpaired) electrons. The monoisotopic (exact) mass is 395 g/mol. The summed E-state index contributed by atoms with van der Waals surface area (Å²) in [5.41, 5.74) is 0.671. The van der Waals surface area contributed by atoms with E-state index in [0.717, 1.165) is 37.5 Å². The molecule has 1 aliphatic rings. The predicted octanol–water partition coefficient (Wildman–Crippen LogP) is 3.19. The SMILES string of the molecule is CC(C)(C)OC(=O)NCCNC(=O)C1CCCN(Cc2ccc(Cl)cc2)C1. The summed E-state index contributed by atoms with van der Waals surface area (Å²) in [6.45, 7) is 8.74. The van der Waals surface area contributed by atoms with Crippen LogP contribution in [0.2, 0.25) is 5.02 Å². The van der Waals surface area contributed by atoms with Crippen LogP contribution < -0.4 is 10.6 Å². The number of carbonyl (C=O) groups excluding carboxylic acids is 2. The minimum Gasteiger partial charge on any atom is -0.444 e. The molecule has 0 saturated carbocycles. The van der Waals surface area contributed by atoms with Crippen LogP contribution in [0.15, 0.2) is 24.3 Å². The molecule has 0 aromatic heterocycles. The Balaban J connectivity index is 1.69. The van der Waals surface area contributed by atoms with E-state index in [-0.39, 0.29) is 11.8 Å². The van der Waals surface area contributed by atoms with Crippen LogP contribution in [-0.2, 0) is 16.1 Å². The summed E-state index contributed by atoms with van der Waals surface area (Å²) >= 11 is 5.93. The highest BCUT2D eigenvalue weighted by atomic mass is 35.5. The van der Waals surface area contributed by atoms with Gasteiger partial charge in [-0.2, -0.15) is 0 Å². The standard InChI is InChI=1S/C20H30ClN3O3/c1-20(2,3)27-19(26)23-11-10-22-18(25)16-5-4-12-24(14-16)13-15-6-8-17(21)9-7-15/h6-9,16H,4-5,10-14H2,1-3H3,(H,22,25)(H,23,26). The molecule has 2 amide bonds. The van der Waals surface area contributed by atoms with Gasteiger partial charge in [0.25, 0.3) is 0 Å². The molecule has 2 rings (SSSR count). The Morgan fingerprint density at radius 1 is 1.19 bits per heavy atom. The van der Waals surface area contributed by atoms with Gasteiger partial charge in [0.1, 0.15) is 5.60 Å². The number of carbonyl (C=O) groups is 2. The van der Waals surface area contributed by atoms with Crippen LogP contribution in [-0.4, -0.2) is 48.7 Å². The molecule has 0 spiro atoms. The summed E-state index contributed by atoms with van der Waals surface area (Å²) in [5.74, 6) is 0.0226. The Morgan fingerprint density at radius 3 is 2.52 bits per heavy atom. The second-order valence-electron chi connectivity index (χ2n) is 7.92. The van der Waals surface area contributed by atoms with Gasteiger partial charge < -0.3 is 15.4 Å². The third-order valence-electron chi connectivity index (χ3n) is 4.29. The van der Waals surface area contributed by atoms with Gasteiger partial charge in [0.15, 0.2) is 0 Å². The van der Waals surface area contributed by atoms with Gasteiger partial charge in [0.2, 0.25) is 5.91 Å². The zero-order valence-electron chi connectivity index (χ0n) is 16.4. The fraction of sp³-hybridized carbons (Fsp3) is 0.600. The van der Waals surface area contributed by atoms with Crippen molar-refractivity contribution in [3.63, 3.8) is 0 Å². The quantitative estimate of drug-likeness (QED) is 0.725. The summed E-state index contributed by atoms with van der Waals surface area (Å²) < 4.78 is 5.16. The molecule has 1 aliphatic heterocycles. The minimum absolute atomic E-state index is 0.0208. The van der Waals surface area contributed by atoms with Crippen molar-refractivity contribution in [3.8, 4) is 0 Å². The molecule has 2 N–H and O–H groups in total. The number of rotatable bonds is 6. The van der Waals surface area contributed by atoms with Crippen molar-refractivity contribution in [2.75, 3.05) is 26.2 Å². The number of piperidine rings is 1. The van der Waals surface area contributed by atoms with Crippen molar-refractivity contribution in [1.82, 2.24) is 15.5 Å². The minimum atomic E-state index is -0.525. The van der Waals surface area contributed by atoms with Crippen LogP contribution in [0.4, 0.5) is 4.79 Å². The molecule has 1 aromatic carbocycles. The molecule has 1 saturated heterocycles. The van der Waals surface area contributed by atoms with Crippen LogP contribution in [0.1, 0.15) is 39.2 Å². The number of benzene rings is 1. The average molecular weight is 396 g/mol. The molecule has 27 heavy (non-hydrogen) atoms. The van der Waals surface area contributed by atoms with E-state index in [1.165, 1.54) is 5.56 Å². The highest BCUT2D eigenvalue weighted by Crippen LogP contribution is 2.19. The molecule has 1 fully saturated rings. The lowest BCUT2D eigenvalue weighted by Gasteiger charge is -2.32. The molecule has 6 nitrogen and oxygen atoms in total. The van der Waals surface area contributed by atoms with Crippen LogP contribution in [0.3, 0.4) is 0 Å². The molecule has 7 heteroatoms. The fourth-order valence-corrected chi connectivity index (χ4v) is 3.20. The van der Waals surface area contributed by atoms with E-state index in [1.807, 2.05) is 45.0 Å². The molecule has 0 aliphatic carbocycles. The van der Waals surface area contributed by atoms with Crippen molar-refractivity contribution >= 4 is 23.6 Å². The Bertz CT molecular complexity index is 628. The lowest BCUT2D eigenvalue weighted by molar-refractivity contribution is -0.126. The van der Waals surface area contributed by atoms with Gasteiger partial charge >= 0.3 is 6.09 Å². The summed E-state index contributed by atoms with van der Waals surface area (Å²) in [7, 11) is 0. The second kappa shape index (κ2) is 9.95. The summed E-state index contributed by atoms with van der Waals surface area (Å²) in [5, 5.41) is 6.29. The van der Waals surface area contributed by atoms with Crippen molar-refractivity contribution in [1.29, 1.82) is 0 Å². The number of hydrogen-bond acceptors (Lipinski definition) is 4. The van der Waals surface area contributed by atoms with Crippen LogP contribution in [0.5, 0.6) is 0 Å². The molecule has 1 unspecified atom stereocenters. The number of halogens is 1. The molecule has 1 heterocycles. The van der Waals surface area contributed by atoms with Crippen molar-refractivity contribution in [2.24, 2.45) is 5.92 Å². The van der Waals surface area contributed by atoms with Gasteiger partial charge in [-0.3, -0.25) is 9.69 Å². The average Bonchev–Trinajstić information content (AvgIpc) is 2.59. The Kier molecular flexibility index (Phi) is 7.92. The van der Waals surface area contributed by atoms with E-state index in [2.05, 4.69) is 15.5 Å². The zero-order valence-corrected chi connectivity index (χ0v) is 17.1. The molecule has 1 aromatic rings. The topological polar surface area (TPSA) is 70.7 Å². The van der Waals surface area contributed by atoms with E-state index >= 15 is 0 Å². The first-order valence-electron chi connectivity index (χ1n) is 9.44. The van der Waals surface area contributed by atoms with E-state index in [0.29, 0.717) is 13.1 Å².